The van der Waals surface area contributed by atoms with Gasteiger partial charge in [-0.15, -0.1) is 0 Å². The third-order valence-electron chi connectivity index (χ3n) is 2.09. The zero-order valence-electron chi connectivity index (χ0n) is 7.91. The summed E-state index contributed by atoms with van der Waals surface area (Å²) in [5.41, 5.74) is 8.94. The molecule has 0 aliphatic rings. The summed E-state index contributed by atoms with van der Waals surface area (Å²) in [6.07, 6.45) is 0.498. The number of hydrogen-bond acceptors (Lipinski definition) is 2. The molecule has 0 amide bonds. The van der Waals surface area contributed by atoms with Gasteiger partial charge in [-0.05, 0) is 30.5 Å². The van der Waals surface area contributed by atoms with Crippen molar-refractivity contribution in [1.82, 2.24) is 0 Å². The summed E-state index contributed by atoms with van der Waals surface area (Å²) in [5, 5.41) is 11.3. The molecule has 1 aromatic carbocycles. The summed E-state index contributed by atoms with van der Waals surface area (Å²) in [6.45, 7) is 4.10. The lowest BCUT2D eigenvalue weighted by molar-refractivity contribution is 0.317. The number of benzene rings is 1. The molecule has 0 aromatic heterocycles. The van der Waals surface area contributed by atoms with E-state index in [0.29, 0.717) is 6.42 Å². The Kier molecular flexibility index (Phi) is 2.90. The van der Waals surface area contributed by atoms with Crippen LogP contribution >= 0.6 is 0 Å². The number of nitrogens with two attached hydrogens (primary N) is 1. The van der Waals surface area contributed by atoms with E-state index in [1.54, 1.807) is 0 Å². The Morgan fingerprint density at radius 1 is 1.38 bits per heavy atom. The van der Waals surface area contributed by atoms with Gasteiger partial charge in [0.2, 0.25) is 0 Å². The molecule has 13 heavy (non-hydrogen) atoms. The van der Waals surface area contributed by atoms with Crippen LogP contribution in [0.3, 0.4) is 0 Å². The highest BCUT2D eigenvalue weighted by Gasteiger charge is 1.98. The van der Waals surface area contributed by atoms with Crippen molar-refractivity contribution in [1.29, 1.82) is 0 Å². The van der Waals surface area contributed by atoms with E-state index in [4.69, 9.17) is 10.9 Å². The molecular weight excluding hydrogens is 164 g/mol. The van der Waals surface area contributed by atoms with Gasteiger partial charge in [-0.3, -0.25) is 0 Å². The van der Waals surface area contributed by atoms with E-state index in [0.717, 1.165) is 5.56 Å². The second-order valence-corrected chi connectivity index (χ2v) is 3.19. The quantitative estimate of drug-likeness (QED) is 0.313. The molecule has 1 aromatic rings. The first kappa shape index (κ1) is 9.58. The minimum atomic E-state index is 0.239. The van der Waals surface area contributed by atoms with Gasteiger partial charge in [0.05, 0.1) is 0 Å². The Morgan fingerprint density at radius 2 is 2.08 bits per heavy atom. The zero-order chi connectivity index (χ0) is 9.84. The molecule has 3 heteroatoms. The van der Waals surface area contributed by atoms with Gasteiger partial charge in [0.1, 0.15) is 5.84 Å². The number of hydrogen-bond donors (Lipinski definition) is 2. The molecule has 0 fully saturated rings. The maximum absolute atomic E-state index is 8.38. The van der Waals surface area contributed by atoms with Gasteiger partial charge >= 0.3 is 0 Å². The zero-order valence-corrected chi connectivity index (χ0v) is 7.91. The molecule has 0 aliphatic carbocycles. The highest BCUT2D eigenvalue weighted by atomic mass is 16.4. The summed E-state index contributed by atoms with van der Waals surface area (Å²) in [7, 11) is 0. The minimum absolute atomic E-state index is 0.239. The molecule has 0 radical (unpaired) electrons. The second-order valence-electron chi connectivity index (χ2n) is 3.19. The Balaban J connectivity index is 2.86. The first-order chi connectivity index (χ1) is 6.13. The largest absolute Gasteiger partial charge is 0.409 e. The maximum atomic E-state index is 8.38. The van der Waals surface area contributed by atoms with Crippen LogP contribution in [0.1, 0.15) is 16.7 Å². The van der Waals surface area contributed by atoms with Crippen LogP contribution < -0.4 is 5.73 Å². The minimum Gasteiger partial charge on any atom is -0.409 e. The summed E-state index contributed by atoms with van der Waals surface area (Å²) in [5.74, 6) is 0.239. The first-order valence-corrected chi connectivity index (χ1v) is 4.16. The monoisotopic (exact) mass is 178 g/mol. The van der Waals surface area contributed by atoms with Gasteiger partial charge in [0, 0.05) is 6.42 Å². The lowest BCUT2D eigenvalue weighted by atomic mass is 10.0. The van der Waals surface area contributed by atoms with Crippen LogP contribution in [0.4, 0.5) is 0 Å². The summed E-state index contributed by atoms with van der Waals surface area (Å²) >= 11 is 0. The fourth-order valence-electron chi connectivity index (χ4n) is 1.16. The van der Waals surface area contributed by atoms with E-state index < -0.39 is 0 Å². The molecule has 0 atom stereocenters. The lowest BCUT2D eigenvalue weighted by Gasteiger charge is -2.03. The molecule has 0 saturated carbocycles. The number of aryl methyl sites for hydroxylation is 2. The fourth-order valence-corrected chi connectivity index (χ4v) is 1.16. The first-order valence-electron chi connectivity index (χ1n) is 4.16. The fraction of sp³-hybridized carbons (Fsp3) is 0.300. The van der Waals surface area contributed by atoms with Crippen LogP contribution in [0.25, 0.3) is 0 Å². The van der Waals surface area contributed by atoms with Crippen molar-refractivity contribution in [3.63, 3.8) is 0 Å². The molecule has 0 aliphatic heterocycles. The van der Waals surface area contributed by atoms with Gasteiger partial charge < -0.3 is 10.9 Å². The topological polar surface area (TPSA) is 58.6 Å². The number of amidine groups is 1. The molecule has 0 heterocycles. The second kappa shape index (κ2) is 3.94. The Morgan fingerprint density at radius 3 is 2.62 bits per heavy atom. The van der Waals surface area contributed by atoms with Crippen molar-refractivity contribution in [2.24, 2.45) is 10.9 Å². The Bertz CT molecular complexity index is 332. The van der Waals surface area contributed by atoms with Crippen molar-refractivity contribution in [2.75, 3.05) is 0 Å². The number of nitrogens with zero attached hydrogens (tertiary/aromatic N) is 1. The number of oxime groups is 1. The molecule has 1 rings (SSSR count). The SMILES string of the molecule is Cc1ccc(C/C(N)=N\O)cc1C. The van der Waals surface area contributed by atoms with Crippen molar-refractivity contribution in [3.8, 4) is 0 Å². The maximum Gasteiger partial charge on any atom is 0.143 e. The average molecular weight is 178 g/mol. The molecule has 70 valence electrons. The third-order valence-corrected chi connectivity index (χ3v) is 2.09. The molecule has 3 N–H and O–H groups in total. The molecular formula is C10H14N2O. The van der Waals surface area contributed by atoms with Crippen LogP contribution in [0, 0.1) is 13.8 Å². The highest BCUT2D eigenvalue weighted by Crippen LogP contribution is 2.09. The van der Waals surface area contributed by atoms with E-state index in [2.05, 4.69) is 12.1 Å². The summed E-state index contributed by atoms with van der Waals surface area (Å²) in [4.78, 5) is 0. The molecule has 0 spiro atoms. The van der Waals surface area contributed by atoms with Crippen molar-refractivity contribution in [3.05, 3.63) is 34.9 Å². The molecule has 0 saturated heterocycles. The van der Waals surface area contributed by atoms with Crippen LogP contribution in [0.5, 0.6) is 0 Å². The van der Waals surface area contributed by atoms with Crippen molar-refractivity contribution < 1.29 is 5.21 Å². The molecule has 0 unspecified atom stereocenters. The molecule has 3 nitrogen and oxygen atoms in total. The predicted octanol–water partition coefficient (Wildman–Crippen LogP) is 1.59. The Hall–Kier alpha value is -1.51. The predicted molar refractivity (Wildman–Crippen MR) is 53.0 cm³/mol. The normalized spacial score (nSPS) is 11.7. The van der Waals surface area contributed by atoms with Gasteiger partial charge in [0.15, 0.2) is 0 Å². The van der Waals surface area contributed by atoms with Gasteiger partial charge in [-0.25, -0.2) is 0 Å². The molecule has 0 bridgehead atoms. The summed E-state index contributed by atoms with van der Waals surface area (Å²) < 4.78 is 0. The van der Waals surface area contributed by atoms with Crippen molar-refractivity contribution >= 4 is 5.84 Å². The smallest absolute Gasteiger partial charge is 0.143 e. The van der Waals surface area contributed by atoms with Crippen LogP contribution in [0.15, 0.2) is 23.4 Å². The van der Waals surface area contributed by atoms with Crippen LogP contribution in [-0.2, 0) is 6.42 Å². The third kappa shape index (κ3) is 2.47. The van der Waals surface area contributed by atoms with E-state index in [9.17, 15) is 0 Å². The van der Waals surface area contributed by atoms with Gasteiger partial charge in [-0.1, -0.05) is 23.4 Å². The van der Waals surface area contributed by atoms with E-state index >= 15 is 0 Å². The summed E-state index contributed by atoms with van der Waals surface area (Å²) in [6, 6.07) is 6.07. The van der Waals surface area contributed by atoms with Gasteiger partial charge in [-0.2, -0.15) is 0 Å². The van der Waals surface area contributed by atoms with E-state index in [1.165, 1.54) is 11.1 Å². The average Bonchev–Trinajstić information content (AvgIpc) is 2.11. The van der Waals surface area contributed by atoms with E-state index in [-0.39, 0.29) is 5.84 Å². The van der Waals surface area contributed by atoms with Crippen LogP contribution in [-0.4, -0.2) is 11.0 Å². The Labute approximate surface area is 77.9 Å². The van der Waals surface area contributed by atoms with Crippen molar-refractivity contribution in [2.45, 2.75) is 20.3 Å². The number of rotatable bonds is 2. The lowest BCUT2D eigenvalue weighted by Crippen LogP contribution is -2.14. The van der Waals surface area contributed by atoms with E-state index in [1.807, 2.05) is 25.1 Å². The highest BCUT2D eigenvalue weighted by molar-refractivity contribution is 5.82. The van der Waals surface area contributed by atoms with Gasteiger partial charge in [0.25, 0.3) is 0 Å². The van der Waals surface area contributed by atoms with Crippen LogP contribution in [0.2, 0.25) is 0 Å². The standard InChI is InChI=1S/C10H14N2O/c1-7-3-4-9(5-8(7)2)6-10(11)12-13/h3-5,13H,6H2,1-2H3,(H2,11,12).